The fraction of sp³-hybridized carbons (Fsp3) is 0.250. The Kier molecular flexibility index (Phi) is 3.82. The van der Waals surface area contributed by atoms with E-state index in [-0.39, 0.29) is 6.04 Å². The van der Waals surface area contributed by atoms with Gasteiger partial charge in [-0.05, 0) is 39.0 Å². The van der Waals surface area contributed by atoms with Gasteiger partial charge in [-0.1, -0.05) is 6.07 Å². The largest absolute Gasteiger partial charge is 0.361 e. The molecule has 3 rings (SSSR count). The third kappa shape index (κ3) is 2.95. The molecule has 0 amide bonds. The molecular weight excluding hydrogens is 276 g/mol. The van der Waals surface area contributed by atoms with Crippen LogP contribution in [-0.4, -0.2) is 24.7 Å². The number of aryl methyl sites for hydroxylation is 2. The predicted octanol–water partition coefficient (Wildman–Crippen LogP) is 2.85. The van der Waals surface area contributed by atoms with Crippen molar-refractivity contribution in [1.82, 2.24) is 24.7 Å². The van der Waals surface area contributed by atoms with Crippen LogP contribution < -0.4 is 5.32 Å². The molecule has 0 spiro atoms. The molecule has 1 N–H and O–H groups in total. The Morgan fingerprint density at radius 1 is 1.18 bits per heavy atom. The highest BCUT2D eigenvalue weighted by atomic mass is 15.3. The van der Waals surface area contributed by atoms with E-state index in [4.69, 9.17) is 0 Å². The zero-order valence-corrected chi connectivity index (χ0v) is 12.9. The maximum absolute atomic E-state index is 4.58. The van der Waals surface area contributed by atoms with E-state index in [9.17, 15) is 0 Å². The topological polar surface area (TPSA) is 68.5 Å². The Balaban J connectivity index is 1.84. The fourth-order valence-corrected chi connectivity index (χ4v) is 2.32. The lowest BCUT2D eigenvalue weighted by Crippen LogP contribution is -2.11. The molecule has 112 valence electrons. The maximum atomic E-state index is 4.58. The van der Waals surface area contributed by atoms with E-state index in [0.717, 1.165) is 17.1 Å². The van der Waals surface area contributed by atoms with Gasteiger partial charge in [-0.3, -0.25) is 9.97 Å². The molecule has 0 bridgehead atoms. The van der Waals surface area contributed by atoms with Gasteiger partial charge in [0.1, 0.15) is 5.82 Å². The molecule has 0 aliphatic rings. The van der Waals surface area contributed by atoms with Crippen LogP contribution in [0.25, 0.3) is 5.82 Å². The zero-order chi connectivity index (χ0) is 15.5. The molecule has 0 aliphatic heterocycles. The van der Waals surface area contributed by atoms with Crippen molar-refractivity contribution < 1.29 is 0 Å². The van der Waals surface area contributed by atoms with Crippen LogP contribution in [0.3, 0.4) is 0 Å². The fourth-order valence-electron chi connectivity index (χ4n) is 2.32. The summed E-state index contributed by atoms with van der Waals surface area (Å²) in [6.45, 7) is 6.00. The van der Waals surface area contributed by atoms with E-state index in [1.54, 1.807) is 23.3 Å². The number of hydrogen-bond acceptors (Lipinski definition) is 5. The molecule has 0 fully saturated rings. The van der Waals surface area contributed by atoms with Crippen LogP contribution in [0, 0.1) is 13.8 Å². The zero-order valence-electron chi connectivity index (χ0n) is 12.9. The van der Waals surface area contributed by atoms with E-state index in [2.05, 4.69) is 25.4 Å². The molecule has 1 unspecified atom stereocenters. The first kappa shape index (κ1) is 14.2. The molecule has 0 radical (unpaired) electrons. The van der Waals surface area contributed by atoms with Crippen molar-refractivity contribution in [3.63, 3.8) is 0 Å². The number of hydrogen-bond donors (Lipinski definition) is 1. The Hall–Kier alpha value is -2.76. The van der Waals surface area contributed by atoms with Crippen molar-refractivity contribution in [3.05, 3.63) is 59.9 Å². The molecule has 0 aliphatic carbocycles. The van der Waals surface area contributed by atoms with Gasteiger partial charge in [0, 0.05) is 11.9 Å². The van der Waals surface area contributed by atoms with Crippen molar-refractivity contribution in [2.45, 2.75) is 26.8 Å². The molecule has 22 heavy (non-hydrogen) atoms. The van der Waals surface area contributed by atoms with Crippen LogP contribution in [0.15, 0.2) is 42.9 Å². The first-order valence-corrected chi connectivity index (χ1v) is 7.16. The summed E-state index contributed by atoms with van der Waals surface area (Å²) in [7, 11) is 0. The summed E-state index contributed by atoms with van der Waals surface area (Å²) in [4.78, 5) is 13.2. The van der Waals surface area contributed by atoms with Crippen LogP contribution >= 0.6 is 0 Å². The van der Waals surface area contributed by atoms with E-state index < -0.39 is 0 Å². The Labute approximate surface area is 129 Å². The van der Waals surface area contributed by atoms with E-state index in [1.807, 2.05) is 45.0 Å². The van der Waals surface area contributed by atoms with Crippen LogP contribution in [-0.2, 0) is 0 Å². The highest BCUT2D eigenvalue weighted by Crippen LogP contribution is 2.16. The minimum atomic E-state index is 0.0474. The maximum Gasteiger partial charge on any atom is 0.174 e. The lowest BCUT2D eigenvalue weighted by Gasteiger charge is -2.14. The van der Waals surface area contributed by atoms with Gasteiger partial charge < -0.3 is 5.32 Å². The van der Waals surface area contributed by atoms with Gasteiger partial charge in [0.15, 0.2) is 5.82 Å². The summed E-state index contributed by atoms with van der Waals surface area (Å²) in [5.41, 5.74) is 2.95. The Morgan fingerprint density at radius 2 is 2.05 bits per heavy atom. The minimum Gasteiger partial charge on any atom is -0.361 e. The van der Waals surface area contributed by atoms with E-state index in [0.29, 0.717) is 11.6 Å². The highest BCUT2D eigenvalue weighted by molar-refractivity contribution is 5.38. The molecule has 1 atom stereocenters. The summed E-state index contributed by atoms with van der Waals surface area (Å²) < 4.78 is 1.79. The molecule has 3 aromatic heterocycles. The molecule has 6 heteroatoms. The summed E-state index contributed by atoms with van der Waals surface area (Å²) >= 11 is 0. The van der Waals surface area contributed by atoms with Crippen LogP contribution in [0.5, 0.6) is 0 Å². The molecule has 6 nitrogen and oxygen atoms in total. The Morgan fingerprint density at radius 3 is 2.73 bits per heavy atom. The number of rotatable bonds is 4. The number of anilines is 1. The second kappa shape index (κ2) is 5.93. The lowest BCUT2D eigenvalue weighted by atomic mass is 10.2. The third-order valence-electron chi connectivity index (χ3n) is 3.34. The molecule has 3 heterocycles. The summed E-state index contributed by atoms with van der Waals surface area (Å²) in [6, 6.07) is 7.91. The Bertz CT molecular complexity index is 765. The number of nitrogens with one attached hydrogen (secondary N) is 1. The normalized spacial score (nSPS) is 12.1. The monoisotopic (exact) mass is 294 g/mol. The second-order valence-electron chi connectivity index (χ2n) is 5.22. The summed E-state index contributed by atoms with van der Waals surface area (Å²) in [5.74, 6) is 1.40. The minimum absolute atomic E-state index is 0.0474. The smallest absolute Gasteiger partial charge is 0.174 e. The first-order chi connectivity index (χ1) is 10.6. The van der Waals surface area contributed by atoms with Gasteiger partial charge in [0.25, 0.3) is 0 Å². The van der Waals surface area contributed by atoms with Gasteiger partial charge in [-0.25, -0.2) is 9.67 Å². The van der Waals surface area contributed by atoms with Crippen molar-refractivity contribution >= 4 is 5.82 Å². The molecule has 3 aromatic rings. The van der Waals surface area contributed by atoms with Crippen LogP contribution in [0.4, 0.5) is 5.82 Å². The number of aromatic nitrogens is 5. The number of nitrogens with zero attached hydrogens (tertiary/aromatic N) is 5. The van der Waals surface area contributed by atoms with E-state index >= 15 is 0 Å². The lowest BCUT2D eigenvalue weighted by molar-refractivity contribution is 0.788. The van der Waals surface area contributed by atoms with Gasteiger partial charge in [0.05, 0.1) is 29.8 Å². The standard InChI is InChI=1S/C16H18N6/c1-11-8-12(2)22(21-11)16-10-17-9-15(20-16)19-13(3)14-6-4-5-7-18-14/h4-10,13H,1-3H3,(H,19,20). The third-order valence-corrected chi connectivity index (χ3v) is 3.34. The molecule has 0 saturated carbocycles. The van der Waals surface area contributed by atoms with Crippen molar-refractivity contribution in [3.8, 4) is 5.82 Å². The average Bonchev–Trinajstić information content (AvgIpc) is 2.87. The van der Waals surface area contributed by atoms with Gasteiger partial charge in [0.2, 0.25) is 0 Å². The van der Waals surface area contributed by atoms with Gasteiger partial charge >= 0.3 is 0 Å². The molecule has 0 aromatic carbocycles. The summed E-state index contributed by atoms with van der Waals surface area (Å²) in [6.07, 6.45) is 5.19. The van der Waals surface area contributed by atoms with E-state index in [1.165, 1.54) is 0 Å². The van der Waals surface area contributed by atoms with Crippen LogP contribution in [0.1, 0.15) is 30.0 Å². The van der Waals surface area contributed by atoms with Crippen molar-refractivity contribution in [2.75, 3.05) is 5.32 Å². The quantitative estimate of drug-likeness (QED) is 0.801. The van der Waals surface area contributed by atoms with Crippen LogP contribution in [0.2, 0.25) is 0 Å². The average molecular weight is 294 g/mol. The summed E-state index contributed by atoms with van der Waals surface area (Å²) in [5, 5.41) is 7.75. The second-order valence-corrected chi connectivity index (χ2v) is 5.22. The SMILES string of the molecule is Cc1cc(C)n(-c2cncc(NC(C)c3ccccn3)n2)n1. The van der Waals surface area contributed by atoms with Gasteiger partial charge in [-0.15, -0.1) is 0 Å². The van der Waals surface area contributed by atoms with Crippen molar-refractivity contribution in [1.29, 1.82) is 0 Å². The van der Waals surface area contributed by atoms with Gasteiger partial charge in [-0.2, -0.15) is 5.10 Å². The highest BCUT2D eigenvalue weighted by Gasteiger charge is 2.10. The predicted molar refractivity (Wildman–Crippen MR) is 84.9 cm³/mol. The molecular formula is C16H18N6. The van der Waals surface area contributed by atoms with Crippen molar-refractivity contribution in [2.24, 2.45) is 0 Å². The first-order valence-electron chi connectivity index (χ1n) is 7.16. The molecule has 0 saturated heterocycles. The number of pyridine rings is 1.